The predicted molar refractivity (Wildman–Crippen MR) is 161 cm³/mol. The van der Waals surface area contributed by atoms with Crippen LogP contribution in [-0.4, -0.2) is 71.3 Å². The van der Waals surface area contributed by atoms with E-state index in [0.29, 0.717) is 17.7 Å². The minimum atomic E-state index is -0.139. The fourth-order valence-corrected chi connectivity index (χ4v) is 6.28. The first-order valence-corrected chi connectivity index (χ1v) is 14.8. The number of benzene rings is 1. The van der Waals surface area contributed by atoms with Crippen LogP contribution in [0.25, 0.3) is 0 Å². The summed E-state index contributed by atoms with van der Waals surface area (Å²) in [6.45, 7) is 12.3. The summed E-state index contributed by atoms with van der Waals surface area (Å²) in [5.41, 5.74) is 10.1. The van der Waals surface area contributed by atoms with Crippen molar-refractivity contribution in [2.24, 2.45) is 5.41 Å². The molecule has 6 rings (SSSR count). The second-order valence-electron chi connectivity index (χ2n) is 12.6. The molecule has 5 heterocycles. The van der Waals surface area contributed by atoms with E-state index in [4.69, 9.17) is 20.4 Å². The number of likely N-dealkylation sites (tertiary alicyclic amines) is 1. The van der Waals surface area contributed by atoms with E-state index in [1.165, 1.54) is 24.1 Å². The van der Waals surface area contributed by atoms with E-state index in [1.807, 2.05) is 24.3 Å². The lowest BCUT2D eigenvalue weighted by Gasteiger charge is -2.48. The third-order valence-corrected chi connectivity index (χ3v) is 9.00. The van der Waals surface area contributed by atoms with Crippen LogP contribution in [0.3, 0.4) is 0 Å². The number of piperidine rings is 2. The molecule has 0 amide bonds. The zero-order chi connectivity index (χ0) is 27.6. The number of pyridine rings is 1. The largest absolute Gasteiger partial charge is 0.384 e. The second kappa shape index (κ2) is 11.3. The number of hydrogen-bond donors (Lipinski definition) is 1. The van der Waals surface area contributed by atoms with E-state index in [-0.39, 0.29) is 5.60 Å². The van der Waals surface area contributed by atoms with Crippen molar-refractivity contribution in [3.05, 3.63) is 71.8 Å². The summed E-state index contributed by atoms with van der Waals surface area (Å²) in [5.74, 6) is 2.20. The molecule has 212 valence electrons. The van der Waals surface area contributed by atoms with Gasteiger partial charge in [0.05, 0.1) is 29.8 Å². The molecular formula is C32H43N7O. The fraction of sp³-hybridized carbons (Fsp3) is 0.531. The van der Waals surface area contributed by atoms with Crippen molar-refractivity contribution < 1.29 is 4.74 Å². The first kappa shape index (κ1) is 27.0. The van der Waals surface area contributed by atoms with Gasteiger partial charge in [-0.05, 0) is 61.9 Å². The first-order chi connectivity index (χ1) is 19.3. The van der Waals surface area contributed by atoms with Crippen LogP contribution in [-0.2, 0) is 17.7 Å². The molecule has 0 radical (unpaired) electrons. The predicted octanol–water partition coefficient (Wildman–Crippen LogP) is 4.54. The normalized spacial score (nSPS) is 21.1. The topological polar surface area (TPSA) is 83.6 Å². The van der Waals surface area contributed by atoms with Crippen LogP contribution >= 0.6 is 0 Å². The molecule has 3 saturated heterocycles. The van der Waals surface area contributed by atoms with E-state index < -0.39 is 0 Å². The van der Waals surface area contributed by atoms with Crippen LogP contribution in [0.4, 0.5) is 17.3 Å². The van der Waals surface area contributed by atoms with Crippen LogP contribution in [0.5, 0.6) is 0 Å². The van der Waals surface area contributed by atoms with Crippen molar-refractivity contribution in [3.63, 3.8) is 0 Å². The summed E-state index contributed by atoms with van der Waals surface area (Å²) in [5, 5.41) is 0. The Labute approximate surface area is 238 Å². The van der Waals surface area contributed by atoms with Crippen molar-refractivity contribution >= 4 is 17.3 Å². The molecular weight excluding hydrogens is 498 g/mol. The van der Waals surface area contributed by atoms with Gasteiger partial charge in [-0.25, -0.2) is 9.97 Å². The summed E-state index contributed by atoms with van der Waals surface area (Å²) in [7, 11) is 0. The Bertz CT molecular complexity index is 1260. The Kier molecular flexibility index (Phi) is 7.64. The average molecular weight is 542 g/mol. The number of aromatic nitrogens is 3. The van der Waals surface area contributed by atoms with Crippen molar-refractivity contribution in [2.45, 2.75) is 58.1 Å². The van der Waals surface area contributed by atoms with Gasteiger partial charge >= 0.3 is 0 Å². The van der Waals surface area contributed by atoms with Crippen molar-refractivity contribution in [1.82, 2.24) is 19.9 Å². The fourth-order valence-electron chi connectivity index (χ4n) is 6.28. The van der Waals surface area contributed by atoms with E-state index >= 15 is 0 Å². The minimum Gasteiger partial charge on any atom is -0.384 e. The Morgan fingerprint density at radius 3 is 2.38 bits per heavy atom. The van der Waals surface area contributed by atoms with Gasteiger partial charge in [0.25, 0.3) is 0 Å². The Hall–Kier alpha value is -3.23. The number of ether oxygens (including phenoxy) is 1. The number of nitrogens with zero attached hydrogens (tertiary/aromatic N) is 6. The molecule has 8 nitrogen and oxygen atoms in total. The lowest BCUT2D eigenvalue weighted by atomic mass is 9.83. The molecule has 0 atom stereocenters. The van der Waals surface area contributed by atoms with Crippen LogP contribution in [0, 0.1) is 5.41 Å². The Morgan fingerprint density at radius 1 is 0.875 bits per heavy atom. The second-order valence-corrected chi connectivity index (χ2v) is 12.6. The third-order valence-electron chi connectivity index (χ3n) is 9.00. The smallest absolute Gasteiger partial charge is 0.137 e. The van der Waals surface area contributed by atoms with Gasteiger partial charge in [-0.15, -0.1) is 0 Å². The van der Waals surface area contributed by atoms with E-state index in [9.17, 15) is 0 Å². The molecule has 40 heavy (non-hydrogen) atoms. The van der Waals surface area contributed by atoms with E-state index in [1.54, 1.807) is 0 Å². The maximum atomic E-state index is 6.46. The first-order valence-electron chi connectivity index (χ1n) is 14.8. The van der Waals surface area contributed by atoms with Crippen LogP contribution in [0.15, 0.2) is 54.7 Å². The highest BCUT2D eigenvalue weighted by Crippen LogP contribution is 2.34. The van der Waals surface area contributed by atoms with Crippen LogP contribution in [0.1, 0.15) is 56.6 Å². The zero-order valence-electron chi connectivity index (χ0n) is 24.1. The summed E-state index contributed by atoms with van der Waals surface area (Å²) in [6, 6.07) is 16.7. The number of nitrogens with two attached hydrogens (primary N) is 1. The van der Waals surface area contributed by atoms with Crippen LogP contribution < -0.4 is 15.5 Å². The lowest BCUT2D eigenvalue weighted by molar-refractivity contribution is -0.0705. The highest BCUT2D eigenvalue weighted by Gasteiger charge is 2.40. The van der Waals surface area contributed by atoms with Gasteiger partial charge in [-0.3, -0.25) is 9.88 Å². The molecule has 3 aliphatic heterocycles. The Balaban J connectivity index is 1.05. The van der Waals surface area contributed by atoms with Gasteiger partial charge in [0.15, 0.2) is 0 Å². The molecule has 1 aromatic carbocycles. The number of morpholine rings is 1. The van der Waals surface area contributed by atoms with Crippen LogP contribution in [0.2, 0.25) is 0 Å². The molecule has 3 fully saturated rings. The van der Waals surface area contributed by atoms with Gasteiger partial charge in [-0.1, -0.05) is 44.2 Å². The molecule has 2 aromatic heterocycles. The lowest BCUT2D eigenvalue weighted by Crippen LogP contribution is -2.57. The average Bonchev–Trinajstić information content (AvgIpc) is 2.95. The monoisotopic (exact) mass is 541 g/mol. The third kappa shape index (κ3) is 6.39. The summed E-state index contributed by atoms with van der Waals surface area (Å²) < 4.78 is 6.46. The van der Waals surface area contributed by atoms with Gasteiger partial charge in [-0.2, -0.15) is 0 Å². The maximum Gasteiger partial charge on any atom is 0.137 e. The SMILES string of the molecule is CC1(C)CCN(Cc2ccc(N3CCOC4(CCN(c5cc(N)nc(Cc6ccccc6)n5)CC4)C3)cn2)CC1. The maximum absolute atomic E-state index is 6.46. The number of nitrogen functional groups attached to an aromatic ring is 1. The number of rotatable bonds is 6. The van der Waals surface area contributed by atoms with E-state index in [2.05, 4.69) is 64.0 Å². The molecule has 3 aliphatic rings. The molecule has 0 saturated carbocycles. The van der Waals surface area contributed by atoms with Gasteiger partial charge < -0.3 is 20.3 Å². The molecule has 0 aliphatic carbocycles. The number of anilines is 3. The van der Waals surface area contributed by atoms with E-state index in [0.717, 1.165) is 82.6 Å². The molecule has 2 N–H and O–H groups in total. The van der Waals surface area contributed by atoms with Crippen molar-refractivity contribution in [3.8, 4) is 0 Å². The molecule has 0 unspecified atom stereocenters. The molecule has 1 spiro atoms. The molecule has 0 bridgehead atoms. The standard InChI is InChI=1S/C32H43N7O/c1-31(2)10-14-37(15-11-31)23-26-8-9-27(22-34-26)39-18-19-40-32(24-39)12-16-38(17-13-32)30-21-28(33)35-29(36-30)20-25-6-4-3-5-7-25/h3-9,21-22H,10-20,23-24H2,1-2H3,(H2,33,35,36). The molecule has 3 aromatic rings. The Morgan fingerprint density at radius 2 is 1.65 bits per heavy atom. The summed E-state index contributed by atoms with van der Waals surface area (Å²) in [4.78, 5) is 21.6. The van der Waals surface area contributed by atoms with Gasteiger partial charge in [0.2, 0.25) is 0 Å². The highest BCUT2D eigenvalue weighted by atomic mass is 16.5. The summed E-state index contributed by atoms with van der Waals surface area (Å²) >= 11 is 0. The minimum absolute atomic E-state index is 0.139. The summed E-state index contributed by atoms with van der Waals surface area (Å²) in [6.07, 6.45) is 7.18. The zero-order valence-corrected chi connectivity index (χ0v) is 24.1. The van der Waals surface area contributed by atoms with Gasteiger partial charge in [0.1, 0.15) is 17.5 Å². The van der Waals surface area contributed by atoms with Gasteiger partial charge in [0, 0.05) is 45.2 Å². The van der Waals surface area contributed by atoms with Crippen molar-refractivity contribution in [1.29, 1.82) is 0 Å². The molecule has 8 heteroatoms. The number of hydrogen-bond acceptors (Lipinski definition) is 8. The van der Waals surface area contributed by atoms with Crippen molar-refractivity contribution in [2.75, 3.05) is 61.4 Å². The quantitative estimate of drug-likeness (QED) is 0.487. The highest BCUT2D eigenvalue weighted by molar-refractivity contribution is 5.49.